The van der Waals surface area contributed by atoms with Crippen molar-refractivity contribution in [3.63, 3.8) is 0 Å². The summed E-state index contributed by atoms with van der Waals surface area (Å²) in [6, 6.07) is 16.6. The highest BCUT2D eigenvalue weighted by Gasteiger charge is 2.20. The van der Waals surface area contributed by atoms with Gasteiger partial charge in [-0.3, -0.25) is 4.79 Å². The molecule has 1 aliphatic heterocycles. The molecule has 32 heavy (non-hydrogen) atoms. The van der Waals surface area contributed by atoms with Crippen LogP contribution in [0.15, 0.2) is 54.6 Å². The molecule has 1 aromatic heterocycles. The van der Waals surface area contributed by atoms with Gasteiger partial charge in [-0.25, -0.2) is 9.48 Å². The number of ether oxygens (including phenoxy) is 2. The van der Waals surface area contributed by atoms with Gasteiger partial charge in [0.05, 0.1) is 25.1 Å². The predicted molar refractivity (Wildman–Crippen MR) is 125 cm³/mol. The lowest BCUT2D eigenvalue weighted by Crippen LogP contribution is -2.37. The Bertz CT molecular complexity index is 1100. The van der Waals surface area contributed by atoms with Gasteiger partial charge in [0.25, 0.3) is 5.91 Å². The van der Waals surface area contributed by atoms with Gasteiger partial charge in [0.15, 0.2) is 5.69 Å². The molecule has 1 amide bonds. The highest BCUT2D eigenvalue weighted by molar-refractivity contribution is 7.99. The Morgan fingerprint density at radius 2 is 1.81 bits per heavy atom. The lowest BCUT2D eigenvalue weighted by atomic mass is 10.1. The van der Waals surface area contributed by atoms with Crippen molar-refractivity contribution in [1.82, 2.24) is 14.7 Å². The van der Waals surface area contributed by atoms with Crippen LogP contribution in [0, 0.1) is 0 Å². The number of rotatable bonds is 6. The molecule has 2 heterocycles. The van der Waals surface area contributed by atoms with Gasteiger partial charge in [-0.05, 0) is 49.4 Å². The van der Waals surface area contributed by atoms with Crippen LogP contribution in [-0.4, -0.2) is 64.9 Å². The smallest absolute Gasteiger partial charge is 0.358 e. The molecule has 0 radical (unpaired) electrons. The number of thioether (sulfide) groups is 1. The maximum Gasteiger partial charge on any atom is 0.358 e. The highest BCUT2D eigenvalue weighted by Crippen LogP contribution is 2.28. The highest BCUT2D eigenvalue weighted by atomic mass is 32.2. The zero-order valence-corrected chi connectivity index (χ0v) is 18.9. The van der Waals surface area contributed by atoms with Crippen molar-refractivity contribution in [3.05, 3.63) is 65.9 Å². The van der Waals surface area contributed by atoms with E-state index in [0.717, 1.165) is 41.5 Å². The minimum absolute atomic E-state index is 0.0394. The van der Waals surface area contributed by atoms with Crippen molar-refractivity contribution in [1.29, 1.82) is 0 Å². The molecule has 7 nitrogen and oxygen atoms in total. The fourth-order valence-corrected chi connectivity index (χ4v) is 4.47. The average Bonchev–Trinajstić information content (AvgIpc) is 3.30. The van der Waals surface area contributed by atoms with Gasteiger partial charge in [-0.2, -0.15) is 16.9 Å². The van der Waals surface area contributed by atoms with Crippen molar-refractivity contribution < 1.29 is 19.1 Å². The van der Waals surface area contributed by atoms with Crippen molar-refractivity contribution >= 4 is 23.6 Å². The number of carbonyl (C=O) groups excluding carboxylic acids is 2. The second-order valence-electron chi connectivity index (χ2n) is 7.23. The van der Waals surface area contributed by atoms with Crippen LogP contribution in [0.4, 0.5) is 0 Å². The van der Waals surface area contributed by atoms with Gasteiger partial charge in [0, 0.05) is 35.7 Å². The first kappa shape index (κ1) is 22.0. The zero-order chi connectivity index (χ0) is 22.5. The molecular formula is C24H25N3O4S. The van der Waals surface area contributed by atoms with E-state index in [4.69, 9.17) is 9.47 Å². The molecule has 0 aliphatic carbocycles. The average molecular weight is 452 g/mol. The third-order valence-corrected chi connectivity index (χ3v) is 6.16. The van der Waals surface area contributed by atoms with Crippen molar-refractivity contribution in [3.8, 4) is 22.7 Å². The molecule has 166 valence electrons. The second kappa shape index (κ2) is 9.91. The number of amides is 1. The van der Waals surface area contributed by atoms with Gasteiger partial charge < -0.3 is 14.4 Å². The van der Waals surface area contributed by atoms with E-state index in [1.165, 1.54) is 0 Å². The number of nitrogens with zero attached hydrogens (tertiary/aromatic N) is 3. The third-order valence-electron chi connectivity index (χ3n) is 5.22. The van der Waals surface area contributed by atoms with E-state index in [0.29, 0.717) is 11.3 Å². The van der Waals surface area contributed by atoms with Crippen molar-refractivity contribution in [2.45, 2.75) is 6.92 Å². The Kier molecular flexibility index (Phi) is 6.80. The number of carbonyl (C=O) groups is 2. The Balaban J connectivity index is 1.69. The molecule has 0 bridgehead atoms. The molecule has 2 aromatic carbocycles. The van der Waals surface area contributed by atoms with Crippen molar-refractivity contribution in [2.75, 3.05) is 38.3 Å². The quantitative estimate of drug-likeness (QED) is 0.529. The van der Waals surface area contributed by atoms with E-state index in [1.54, 1.807) is 36.9 Å². The summed E-state index contributed by atoms with van der Waals surface area (Å²) < 4.78 is 12.2. The van der Waals surface area contributed by atoms with E-state index in [-0.39, 0.29) is 18.2 Å². The van der Waals surface area contributed by atoms with E-state index in [9.17, 15) is 9.59 Å². The third kappa shape index (κ3) is 4.65. The molecule has 0 saturated carbocycles. The summed E-state index contributed by atoms with van der Waals surface area (Å²) in [4.78, 5) is 27.0. The molecule has 0 N–H and O–H groups in total. The number of hydrogen-bond acceptors (Lipinski definition) is 6. The Morgan fingerprint density at radius 1 is 1.06 bits per heavy atom. The fraction of sp³-hybridized carbons (Fsp3) is 0.292. The predicted octanol–water partition coefficient (Wildman–Crippen LogP) is 3.91. The van der Waals surface area contributed by atoms with Crippen LogP contribution in [0.25, 0.3) is 16.9 Å². The van der Waals surface area contributed by atoms with Crippen LogP contribution >= 0.6 is 11.8 Å². The maximum absolute atomic E-state index is 12.8. The molecule has 0 spiro atoms. The lowest BCUT2D eigenvalue weighted by Gasteiger charge is -2.26. The van der Waals surface area contributed by atoms with Gasteiger partial charge >= 0.3 is 5.97 Å². The molecule has 1 saturated heterocycles. The monoisotopic (exact) mass is 451 g/mol. The van der Waals surface area contributed by atoms with E-state index >= 15 is 0 Å². The van der Waals surface area contributed by atoms with Crippen LogP contribution in [0.2, 0.25) is 0 Å². The molecule has 4 rings (SSSR count). The van der Waals surface area contributed by atoms with E-state index in [2.05, 4.69) is 5.10 Å². The first-order valence-corrected chi connectivity index (χ1v) is 11.6. The Labute approximate surface area is 191 Å². The van der Waals surface area contributed by atoms with Gasteiger partial charge in [-0.15, -0.1) is 0 Å². The summed E-state index contributed by atoms with van der Waals surface area (Å²) in [5.41, 5.74) is 3.17. The number of esters is 1. The molecule has 0 atom stereocenters. The Morgan fingerprint density at radius 3 is 2.50 bits per heavy atom. The standard InChI is InChI=1S/C24H25N3O4S/c1-3-31-24(29)21-16-22(18-5-4-6-20(15-18)30-2)27(25-21)19-9-7-17(8-10-19)23(28)26-11-13-32-14-12-26/h4-10,15-16H,3,11-14H2,1-2H3. The number of benzene rings is 2. The summed E-state index contributed by atoms with van der Waals surface area (Å²) in [6.07, 6.45) is 0. The summed E-state index contributed by atoms with van der Waals surface area (Å²) in [6.45, 7) is 3.57. The fourth-order valence-electron chi connectivity index (χ4n) is 3.56. The minimum Gasteiger partial charge on any atom is -0.497 e. The molecule has 0 unspecified atom stereocenters. The molecule has 3 aromatic rings. The van der Waals surface area contributed by atoms with E-state index < -0.39 is 5.97 Å². The van der Waals surface area contributed by atoms with Crippen LogP contribution in [0.1, 0.15) is 27.8 Å². The first-order valence-electron chi connectivity index (χ1n) is 10.5. The lowest BCUT2D eigenvalue weighted by molar-refractivity contribution is 0.0518. The maximum atomic E-state index is 12.8. The van der Waals surface area contributed by atoms with Gasteiger partial charge in [0.2, 0.25) is 0 Å². The van der Waals surface area contributed by atoms with Crippen molar-refractivity contribution in [2.24, 2.45) is 0 Å². The molecule has 1 aliphatic rings. The summed E-state index contributed by atoms with van der Waals surface area (Å²) in [5.74, 6) is 2.20. The topological polar surface area (TPSA) is 73.7 Å². The normalized spacial score (nSPS) is 13.6. The zero-order valence-electron chi connectivity index (χ0n) is 18.1. The number of methoxy groups -OCH3 is 1. The summed E-state index contributed by atoms with van der Waals surface area (Å²) in [5, 5.41) is 4.50. The number of hydrogen-bond donors (Lipinski definition) is 0. The van der Waals surface area contributed by atoms with E-state index in [1.807, 2.05) is 53.1 Å². The SMILES string of the molecule is CCOC(=O)c1cc(-c2cccc(OC)c2)n(-c2ccc(C(=O)N3CCSCC3)cc2)n1. The van der Waals surface area contributed by atoms with Crippen LogP contribution in [-0.2, 0) is 4.74 Å². The van der Waals surface area contributed by atoms with Crippen LogP contribution < -0.4 is 4.74 Å². The number of aromatic nitrogens is 2. The second-order valence-corrected chi connectivity index (χ2v) is 8.46. The molecule has 1 fully saturated rings. The first-order chi connectivity index (χ1) is 15.6. The van der Waals surface area contributed by atoms with Gasteiger partial charge in [-0.1, -0.05) is 12.1 Å². The largest absolute Gasteiger partial charge is 0.497 e. The van der Waals surface area contributed by atoms with Crippen LogP contribution in [0.5, 0.6) is 5.75 Å². The van der Waals surface area contributed by atoms with Crippen LogP contribution in [0.3, 0.4) is 0 Å². The summed E-state index contributed by atoms with van der Waals surface area (Å²) in [7, 11) is 1.61. The Hall–Kier alpha value is -3.26. The minimum atomic E-state index is -0.481. The van der Waals surface area contributed by atoms with Gasteiger partial charge in [0.1, 0.15) is 5.75 Å². The molecular weight excluding hydrogens is 426 g/mol. The molecule has 8 heteroatoms. The summed E-state index contributed by atoms with van der Waals surface area (Å²) >= 11 is 1.87.